The van der Waals surface area contributed by atoms with E-state index >= 15 is 0 Å². The van der Waals surface area contributed by atoms with Crippen molar-refractivity contribution in [2.75, 3.05) is 7.05 Å². The summed E-state index contributed by atoms with van der Waals surface area (Å²) in [6, 6.07) is 3.33. The fourth-order valence-electron chi connectivity index (χ4n) is 1.84. The van der Waals surface area contributed by atoms with Crippen LogP contribution in [0.3, 0.4) is 0 Å². The van der Waals surface area contributed by atoms with Crippen LogP contribution in [0.1, 0.15) is 18.4 Å². The minimum absolute atomic E-state index is 0.441. The molecular formula is C10H15BrN2S. The molecule has 0 radical (unpaired) electrons. The van der Waals surface area contributed by atoms with Crippen molar-refractivity contribution < 1.29 is 0 Å². The lowest BCUT2D eigenvalue weighted by Gasteiger charge is -2.39. The summed E-state index contributed by atoms with van der Waals surface area (Å²) in [6.45, 7) is 1.04. The fourth-order valence-corrected chi connectivity index (χ4v) is 3.04. The largest absolute Gasteiger partial charge is 0.328 e. The van der Waals surface area contributed by atoms with E-state index in [1.54, 1.807) is 11.3 Å². The molecule has 4 heteroatoms. The maximum Gasteiger partial charge on any atom is 0.0701 e. The van der Waals surface area contributed by atoms with Gasteiger partial charge in [-0.05, 0) is 52.8 Å². The molecular weight excluding hydrogens is 260 g/mol. The summed E-state index contributed by atoms with van der Waals surface area (Å²) in [5, 5.41) is 2.21. The van der Waals surface area contributed by atoms with Crippen molar-refractivity contribution in [2.24, 2.45) is 5.73 Å². The van der Waals surface area contributed by atoms with Crippen molar-refractivity contribution >= 4 is 27.3 Å². The minimum atomic E-state index is 0.441. The van der Waals surface area contributed by atoms with Crippen molar-refractivity contribution in [3.63, 3.8) is 0 Å². The van der Waals surface area contributed by atoms with Gasteiger partial charge in [-0.1, -0.05) is 0 Å². The van der Waals surface area contributed by atoms with Crippen LogP contribution in [-0.4, -0.2) is 24.0 Å². The molecule has 0 unspecified atom stereocenters. The van der Waals surface area contributed by atoms with Crippen LogP contribution < -0.4 is 5.73 Å². The lowest BCUT2D eigenvalue weighted by Crippen LogP contribution is -2.48. The smallest absolute Gasteiger partial charge is 0.0701 e. The van der Waals surface area contributed by atoms with E-state index in [0.29, 0.717) is 12.1 Å². The van der Waals surface area contributed by atoms with Gasteiger partial charge in [0.15, 0.2) is 0 Å². The predicted octanol–water partition coefficient (Wildman–Crippen LogP) is 2.43. The molecule has 0 aromatic carbocycles. The molecule has 2 rings (SSSR count). The van der Waals surface area contributed by atoms with Crippen molar-refractivity contribution in [3.8, 4) is 0 Å². The number of rotatable bonds is 3. The first kappa shape index (κ1) is 10.6. The number of halogens is 1. The molecule has 1 fully saturated rings. The van der Waals surface area contributed by atoms with Gasteiger partial charge >= 0.3 is 0 Å². The summed E-state index contributed by atoms with van der Waals surface area (Å²) in [5.41, 5.74) is 7.17. The first-order valence-corrected chi connectivity index (χ1v) is 6.51. The van der Waals surface area contributed by atoms with Crippen LogP contribution in [0.5, 0.6) is 0 Å². The third-order valence-corrected chi connectivity index (χ3v) is 4.38. The van der Waals surface area contributed by atoms with Gasteiger partial charge in [0.25, 0.3) is 0 Å². The first-order valence-electron chi connectivity index (χ1n) is 4.84. The molecule has 0 bridgehead atoms. The van der Waals surface area contributed by atoms with Crippen molar-refractivity contribution in [1.29, 1.82) is 0 Å². The first-order chi connectivity index (χ1) is 6.65. The predicted molar refractivity (Wildman–Crippen MR) is 64.5 cm³/mol. The van der Waals surface area contributed by atoms with Gasteiger partial charge in [0.2, 0.25) is 0 Å². The van der Waals surface area contributed by atoms with E-state index in [0.717, 1.165) is 19.4 Å². The lowest BCUT2D eigenvalue weighted by molar-refractivity contribution is 0.133. The Balaban J connectivity index is 1.85. The zero-order valence-electron chi connectivity index (χ0n) is 8.24. The normalized spacial score (nSPS) is 26.6. The van der Waals surface area contributed by atoms with Gasteiger partial charge in [-0.15, -0.1) is 11.3 Å². The highest BCUT2D eigenvalue weighted by atomic mass is 79.9. The Morgan fingerprint density at radius 3 is 2.86 bits per heavy atom. The lowest BCUT2D eigenvalue weighted by atomic mass is 9.86. The van der Waals surface area contributed by atoms with Crippen LogP contribution >= 0.6 is 27.3 Å². The Morgan fingerprint density at radius 2 is 2.36 bits per heavy atom. The molecule has 1 aliphatic rings. The number of nitrogens with two attached hydrogens (primary N) is 1. The van der Waals surface area contributed by atoms with Gasteiger partial charge in [-0.3, -0.25) is 4.90 Å². The SMILES string of the molecule is CN(Cc1csc(Br)c1)C1CC(N)C1. The van der Waals surface area contributed by atoms with E-state index in [9.17, 15) is 0 Å². The molecule has 0 saturated heterocycles. The van der Waals surface area contributed by atoms with Crippen LogP contribution in [0.4, 0.5) is 0 Å². The molecule has 78 valence electrons. The summed E-state index contributed by atoms with van der Waals surface area (Å²) in [6.07, 6.45) is 2.31. The zero-order valence-corrected chi connectivity index (χ0v) is 10.6. The van der Waals surface area contributed by atoms with E-state index in [1.807, 2.05) is 0 Å². The Kier molecular flexibility index (Phi) is 3.27. The maximum atomic E-state index is 5.77. The fraction of sp³-hybridized carbons (Fsp3) is 0.600. The summed E-state index contributed by atoms with van der Waals surface area (Å²) in [7, 11) is 2.18. The minimum Gasteiger partial charge on any atom is -0.328 e. The van der Waals surface area contributed by atoms with E-state index < -0.39 is 0 Å². The van der Waals surface area contributed by atoms with Gasteiger partial charge in [-0.25, -0.2) is 0 Å². The van der Waals surface area contributed by atoms with E-state index in [-0.39, 0.29) is 0 Å². The third kappa shape index (κ3) is 2.37. The van der Waals surface area contributed by atoms with Gasteiger partial charge in [0, 0.05) is 18.6 Å². The molecule has 14 heavy (non-hydrogen) atoms. The molecule has 1 saturated carbocycles. The Morgan fingerprint density at radius 1 is 1.64 bits per heavy atom. The average Bonchev–Trinajstić information content (AvgIpc) is 2.45. The molecule has 2 N–H and O–H groups in total. The Labute approximate surface area is 97.2 Å². The highest BCUT2D eigenvalue weighted by Crippen LogP contribution is 2.26. The number of hydrogen-bond donors (Lipinski definition) is 1. The van der Waals surface area contributed by atoms with Crippen LogP contribution in [0, 0.1) is 0 Å². The Hall–Kier alpha value is 0.1000. The number of thiophene rings is 1. The van der Waals surface area contributed by atoms with Crippen LogP contribution in [0.25, 0.3) is 0 Å². The molecule has 0 spiro atoms. The van der Waals surface area contributed by atoms with E-state index in [4.69, 9.17) is 5.73 Å². The second-order valence-corrected chi connectivity index (χ2v) is 6.35. The number of hydrogen-bond acceptors (Lipinski definition) is 3. The third-order valence-electron chi connectivity index (χ3n) is 2.83. The second kappa shape index (κ2) is 4.31. The topological polar surface area (TPSA) is 29.3 Å². The molecule has 0 atom stereocenters. The standard InChI is InChI=1S/C10H15BrN2S/c1-13(9-3-8(12)4-9)5-7-2-10(11)14-6-7/h2,6,8-9H,3-5,12H2,1H3. The highest BCUT2D eigenvalue weighted by Gasteiger charge is 2.28. The highest BCUT2D eigenvalue weighted by molar-refractivity contribution is 9.11. The second-order valence-electron chi connectivity index (χ2n) is 4.06. The van der Waals surface area contributed by atoms with E-state index in [1.165, 1.54) is 9.35 Å². The maximum absolute atomic E-state index is 5.77. The van der Waals surface area contributed by atoms with Crippen LogP contribution in [0.15, 0.2) is 15.2 Å². The average molecular weight is 275 g/mol. The molecule has 0 aliphatic heterocycles. The molecule has 2 nitrogen and oxygen atoms in total. The molecule has 1 aliphatic carbocycles. The van der Waals surface area contributed by atoms with Crippen LogP contribution in [0.2, 0.25) is 0 Å². The summed E-state index contributed by atoms with van der Waals surface area (Å²) in [5.74, 6) is 0. The number of nitrogens with zero attached hydrogens (tertiary/aromatic N) is 1. The summed E-state index contributed by atoms with van der Waals surface area (Å²) >= 11 is 5.23. The van der Waals surface area contributed by atoms with Crippen molar-refractivity contribution in [2.45, 2.75) is 31.5 Å². The van der Waals surface area contributed by atoms with E-state index in [2.05, 4.69) is 39.3 Å². The monoisotopic (exact) mass is 274 g/mol. The summed E-state index contributed by atoms with van der Waals surface area (Å²) in [4.78, 5) is 2.40. The summed E-state index contributed by atoms with van der Waals surface area (Å²) < 4.78 is 1.21. The van der Waals surface area contributed by atoms with Gasteiger partial charge < -0.3 is 5.73 Å². The van der Waals surface area contributed by atoms with Gasteiger partial charge in [0.05, 0.1) is 3.79 Å². The molecule has 1 heterocycles. The van der Waals surface area contributed by atoms with Gasteiger partial charge in [0.1, 0.15) is 0 Å². The molecule has 0 amide bonds. The van der Waals surface area contributed by atoms with Gasteiger partial charge in [-0.2, -0.15) is 0 Å². The van der Waals surface area contributed by atoms with Crippen molar-refractivity contribution in [1.82, 2.24) is 4.90 Å². The zero-order chi connectivity index (χ0) is 10.1. The Bertz CT molecular complexity index is 307. The quantitative estimate of drug-likeness (QED) is 0.918. The van der Waals surface area contributed by atoms with Crippen molar-refractivity contribution in [3.05, 3.63) is 20.8 Å². The van der Waals surface area contributed by atoms with Crippen LogP contribution in [-0.2, 0) is 6.54 Å². The molecule has 1 aromatic rings. The molecule has 1 aromatic heterocycles.